The van der Waals surface area contributed by atoms with Gasteiger partial charge in [0.05, 0.1) is 33.3 Å². The van der Waals surface area contributed by atoms with E-state index in [4.69, 9.17) is 9.97 Å². The Bertz CT molecular complexity index is 1350. The SMILES string of the molecule is Cc1ccc(C)c2nc(CCc3nc4ccc5ncccc5c4n3C)cnc12. The number of hydrogen-bond acceptors (Lipinski definition) is 4. The summed E-state index contributed by atoms with van der Waals surface area (Å²) in [7, 11) is 2.08. The van der Waals surface area contributed by atoms with Crippen molar-refractivity contribution in [2.45, 2.75) is 26.7 Å². The molecule has 0 spiro atoms. The van der Waals surface area contributed by atoms with Crippen LogP contribution in [0.1, 0.15) is 22.6 Å². The second-order valence-corrected chi connectivity index (χ2v) is 7.35. The van der Waals surface area contributed by atoms with Crippen molar-refractivity contribution in [3.8, 4) is 0 Å². The second-order valence-electron chi connectivity index (χ2n) is 7.35. The van der Waals surface area contributed by atoms with Crippen LogP contribution in [0, 0.1) is 13.8 Å². The first-order valence-electron chi connectivity index (χ1n) is 9.52. The van der Waals surface area contributed by atoms with Gasteiger partial charge in [-0.15, -0.1) is 0 Å². The van der Waals surface area contributed by atoms with Crippen LogP contribution in [0.3, 0.4) is 0 Å². The van der Waals surface area contributed by atoms with E-state index in [1.807, 2.05) is 24.5 Å². The van der Waals surface area contributed by atoms with Gasteiger partial charge in [0.15, 0.2) is 0 Å². The highest BCUT2D eigenvalue weighted by Crippen LogP contribution is 2.25. The smallest absolute Gasteiger partial charge is 0.110 e. The summed E-state index contributed by atoms with van der Waals surface area (Å²) >= 11 is 0. The molecule has 0 unspecified atom stereocenters. The molecule has 0 bridgehead atoms. The third-order valence-electron chi connectivity index (χ3n) is 5.46. The lowest BCUT2D eigenvalue weighted by atomic mass is 10.1. The minimum absolute atomic E-state index is 0.809. The molecule has 3 heterocycles. The van der Waals surface area contributed by atoms with Crippen LogP contribution in [0.4, 0.5) is 0 Å². The predicted octanol–water partition coefficient (Wildman–Crippen LogP) is 4.47. The largest absolute Gasteiger partial charge is 0.331 e. The Kier molecular flexibility index (Phi) is 3.83. The van der Waals surface area contributed by atoms with Gasteiger partial charge < -0.3 is 4.57 Å². The average molecular weight is 367 g/mol. The van der Waals surface area contributed by atoms with Crippen molar-refractivity contribution in [3.05, 3.63) is 71.4 Å². The number of aryl methyl sites for hydroxylation is 5. The maximum absolute atomic E-state index is 4.87. The van der Waals surface area contributed by atoms with Crippen LogP contribution in [0.15, 0.2) is 48.8 Å². The highest BCUT2D eigenvalue weighted by molar-refractivity contribution is 6.02. The Morgan fingerprint density at radius 2 is 1.61 bits per heavy atom. The van der Waals surface area contributed by atoms with Gasteiger partial charge in [-0.1, -0.05) is 12.1 Å². The lowest BCUT2D eigenvalue weighted by Crippen LogP contribution is -2.03. The van der Waals surface area contributed by atoms with Crippen molar-refractivity contribution < 1.29 is 0 Å². The minimum atomic E-state index is 0.809. The molecule has 5 rings (SSSR count). The fourth-order valence-electron chi connectivity index (χ4n) is 3.89. The maximum atomic E-state index is 4.87. The van der Waals surface area contributed by atoms with E-state index in [9.17, 15) is 0 Å². The van der Waals surface area contributed by atoms with Gasteiger partial charge >= 0.3 is 0 Å². The molecular formula is C23H21N5. The average Bonchev–Trinajstić information content (AvgIpc) is 3.05. The third kappa shape index (κ3) is 2.62. The number of fused-ring (bicyclic) bond motifs is 4. The van der Waals surface area contributed by atoms with Gasteiger partial charge in [0.25, 0.3) is 0 Å². The summed E-state index contributed by atoms with van der Waals surface area (Å²) in [6.07, 6.45) is 5.35. The normalized spacial score (nSPS) is 11.7. The Morgan fingerprint density at radius 3 is 2.46 bits per heavy atom. The highest BCUT2D eigenvalue weighted by Gasteiger charge is 2.12. The molecule has 0 saturated heterocycles. The molecule has 5 aromatic rings. The molecule has 138 valence electrons. The number of pyridine rings is 1. The lowest BCUT2D eigenvalue weighted by molar-refractivity contribution is 0.776. The summed E-state index contributed by atoms with van der Waals surface area (Å²) in [5.74, 6) is 1.05. The van der Waals surface area contributed by atoms with E-state index >= 15 is 0 Å². The predicted molar refractivity (Wildman–Crippen MR) is 112 cm³/mol. The fraction of sp³-hybridized carbons (Fsp3) is 0.217. The maximum Gasteiger partial charge on any atom is 0.110 e. The summed E-state index contributed by atoms with van der Waals surface area (Å²) in [5.41, 5.74) is 8.46. The molecule has 0 saturated carbocycles. The Hall–Kier alpha value is -3.34. The molecule has 0 amide bonds. The monoisotopic (exact) mass is 367 g/mol. The zero-order valence-corrected chi connectivity index (χ0v) is 16.3. The summed E-state index contributed by atoms with van der Waals surface area (Å²) in [6, 6.07) is 12.4. The van der Waals surface area contributed by atoms with Gasteiger partial charge in [0.2, 0.25) is 0 Å². The molecule has 2 aromatic carbocycles. The van der Waals surface area contributed by atoms with Gasteiger partial charge in [-0.3, -0.25) is 9.97 Å². The van der Waals surface area contributed by atoms with E-state index in [1.165, 1.54) is 0 Å². The van der Waals surface area contributed by atoms with Gasteiger partial charge in [-0.25, -0.2) is 9.97 Å². The summed E-state index contributed by atoms with van der Waals surface area (Å²) in [4.78, 5) is 18.9. The van der Waals surface area contributed by atoms with Crippen molar-refractivity contribution in [2.75, 3.05) is 0 Å². The van der Waals surface area contributed by atoms with Gasteiger partial charge in [0, 0.05) is 31.2 Å². The first kappa shape index (κ1) is 16.8. The van der Waals surface area contributed by atoms with Crippen LogP contribution in [-0.2, 0) is 19.9 Å². The number of rotatable bonds is 3. The van der Waals surface area contributed by atoms with E-state index in [0.717, 1.165) is 68.5 Å². The highest BCUT2D eigenvalue weighted by atomic mass is 15.1. The molecule has 0 fully saturated rings. The number of benzene rings is 2. The van der Waals surface area contributed by atoms with E-state index in [1.54, 1.807) is 0 Å². The quantitative estimate of drug-likeness (QED) is 0.472. The first-order chi connectivity index (χ1) is 13.6. The van der Waals surface area contributed by atoms with Crippen LogP contribution >= 0.6 is 0 Å². The van der Waals surface area contributed by atoms with Crippen molar-refractivity contribution in [1.29, 1.82) is 0 Å². The molecule has 5 heteroatoms. The molecule has 0 N–H and O–H groups in total. The Labute approximate surface area is 163 Å². The molecule has 0 aliphatic rings. The van der Waals surface area contributed by atoms with Gasteiger partial charge in [-0.05, 0) is 55.7 Å². The van der Waals surface area contributed by atoms with Gasteiger partial charge in [0.1, 0.15) is 5.82 Å². The van der Waals surface area contributed by atoms with E-state index in [-0.39, 0.29) is 0 Å². The van der Waals surface area contributed by atoms with Crippen molar-refractivity contribution in [3.63, 3.8) is 0 Å². The Morgan fingerprint density at radius 1 is 0.821 bits per heavy atom. The number of imidazole rings is 1. The third-order valence-corrected chi connectivity index (χ3v) is 5.46. The summed E-state index contributed by atoms with van der Waals surface area (Å²) < 4.78 is 2.18. The number of nitrogens with zero attached hydrogens (tertiary/aromatic N) is 5. The first-order valence-corrected chi connectivity index (χ1v) is 9.52. The van der Waals surface area contributed by atoms with E-state index < -0.39 is 0 Å². The molecule has 28 heavy (non-hydrogen) atoms. The Balaban J connectivity index is 1.51. The van der Waals surface area contributed by atoms with Crippen LogP contribution in [0.5, 0.6) is 0 Å². The van der Waals surface area contributed by atoms with Crippen molar-refractivity contribution in [1.82, 2.24) is 24.5 Å². The molecule has 0 radical (unpaired) electrons. The van der Waals surface area contributed by atoms with E-state index in [0.29, 0.717) is 0 Å². The lowest BCUT2D eigenvalue weighted by Gasteiger charge is -2.07. The molecule has 3 aromatic heterocycles. The summed E-state index contributed by atoms with van der Waals surface area (Å²) in [6.45, 7) is 4.17. The van der Waals surface area contributed by atoms with Gasteiger partial charge in [-0.2, -0.15) is 0 Å². The number of aromatic nitrogens is 5. The second kappa shape index (κ2) is 6.37. The molecule has 5 nitrogen and oxygen atoms in total. The van der Waals surface area contributed by atoms with Crippen molar-refractivity contribution in [2.24, 2.45) is 7.05 Å². The van der Waals surface area contributed by atoms with Crippen molar-refractivity contribution >= 4 is 33.0 Å². The minimum Gasteiger partial charge on any atom is -0.331 e. The topological polar surface area (TPSA) is 56.5 Å². The van der Waals surface area contributed by atoms with Crippen LogP contribution in [0.2, 0.25) is 0 Å². The number of hydrogen-bond donors (Lipinski definition) is 0. The summed E-state index contributed by atoms with van der Waals surface area (Å²) in [5, 5.41) is 1.14. The fourth-order valence-corrected chi connectivity index (χ4v) is 3.89. The van der Waals surface area contributed by atoms with Crippen LogP contribution in [0.25, 0.3) is 33.0 Å². The molecule has 0 aliphatic carbocycles. The molecular weight excluding hydrogens is 346 g/mol. The zero-order chi connectivity index (χ0) is 19.3. The molecule has 0 aliphatic heterocycles. The van der Waals surface area contributed by atoms with Crippen LogP contribution in [-0.4, -0.2) is 24.5 Å². The van der Waals surface area contributed by atoms with Crippen LogP contribution < -0.4 is 0 Å². The standard InChI is InChI=1S/C23H21N5/c1-14-6-7-15(2)22-21(14)25-13-16(26-22)8-11-20-27-19-10-9-18-17(5-4-12-24-18)23(19)28(20)3/h4-7,9-10,12-13H,8,11H2,1-3H3. The van der Waals surface area contributed by atoms with E-state index in [2.05, 4.69) is 59.7 Å². The zero-order valence-electron chi connectivity index (χ0n) is 16.3. The molecule has 0 atom stereocenters.